The Morgan fingerprint density at radius 2 is 2.00 bits per heavy atom. The lowest BCUT2D eigenvalue weighted by Gasteiger charge is -2.07. The van der Waals surface area contributed by atoms with Gasteiger partial charge in [-0.3, -0.25) is 4.68 Å². The predicted molar refractivity (Wildman–Crippen MR) is 75.9 cm³/mol. The summed E-state index contributed by atoms with van der Waals surface area (Å²) in [7, 11) is 0. The van der Waals surface area contributed by atoms with Crippen molar-refractivity contribution in [2.45, 2.75) is 40.3 Å². The quantitative estimate of drug-likeness (QED) is 0.887. The minimum atomic E-state index is 0.405. The van der Waals surface area contributed by atoms with Gasteiger partial charge < -0.3 is 5.32 Å². The van der Waals surface area contributed by atoms with E-state index in [0.717, 1.165) is 12.2 Å². The van der Waals surface area contributed by atoms with E-state index in [0.29, 0.717) is 6.04 Å². The average Bonchev–Trinajstić information content (AvgIpc) is 2.79. The fraction of sp³-hybridized carbons (Fsp3) is 0.400. The highest BCUT2D eigenvalue weighted by molar-refractivity contribution is 5.40. The maximum absolute atomic E-state index is 4.31. The smallest absolute Gasteiger partial charge is 0.0729 e. The molecule has 1 heterocycles. The SMILES string of the molecule is Cc1ccc(CNc2cnn(C(C)C)c2)cc1C. The Hall–Kier alpha value is -1.77. The highest BCUT2D eigenvalue weighted by atomic mass is 15.3. The van der Waals surface area contributed by atoms with Crippen molar-refractivity contribution in [3.63, 3.8) is 0 Å². The number of nitrogens with zero attached hydrogens (tertiary/aromatic N) is 2. The first-order chi connectivity index (χ1) is 8.56. The van der Waals surface area contributed by atoms with E-state index in [1.165, 1.54) is 16.7 Å². The molecule has 0 aliphatic heterocycles. The van der Waals surface area contributed by atoms with Crippen molar-refractivity contribution >= 4 is 5.69 Å². The first-order valence-electron chi connectivity index (χ1n) is 6.40. The van der Waals surface area contributed by atoms with Crippen molar-refractivity contribution in [1.29, 1.82) is 0 Å². The van der Waals surface area contributed by atoms with Crippen molar-refractivity contribution < 1.29 is 0 Å². The highest BCUT2D eigenvalue weighted by Crippen LogP contribution is 2.13. The largest absolute Gasteiger partial charge is 0.378 e. The molecule has 18 heavy (non-hydrogen) atoms. The Kier molecular flexibility index (Phi) is 3.70. The molecule has 0 amide bonds. The Morgan fingerprint density at radius 3 is 2.61 bits per heavy atom. The molecule has 2 aromatic rings. The maximum Gasteiger partial charge on any atom is 0.0729 e. The van der Waals surface area contributed by atoms with E-state index in [1.54, 1.807) is 0 Å². The van der Waals surface area contributed by atoms with Crippen LogP contribution >= 0.6 is 0 Å². The van der Waals surface area contributed by atoms with Crippen LogP contribution in [0.1, 0.15) is 36.6 Å². The lowest BCUT2D eigenvalue weighted by Crippen LogP contribution is -2.01. The second kappa shape index (κ2) is 5.25. The molecule has 0 atom stereocenters. The van der Waals surface area contributed by atoms with Gasteiger partial charge >= 0.3 is 0 Å². The van der Waals surface area contributed by atoms with Crippen LogP contribution in [-0.2, 0) is 6.54 Å². The molecule has 0 saturated heterocycles. The number of rotatable bonds is 4. The van der Waals surface area contributed by atoms with Crippen LogP contribution in [0.15, 0.2) is 30.6 Å². The molecule has 0 radical (unpaired) electrons. The van der Waals surface area contributed by atoms with Gasteiger partial charge in [-0.2, -0.15) is 5.10 Å². The van der Waals surface area contributed by atoms with Crippen molar-refractivity contribution in [3.05, 3.63) is 47.3 Å². The highest BCUT2D eigenvalue weighted by Gasteiger charge is 2.02. The van der Waals surface area contributed by atoms with Crippen LogP contribution in [0.4, 0.5) is 5.69 Å². The number of aromatic nitrogens is 2. The van der Waals surface area contributed by atoms with E-state index in [1.807, 2.05) is 17.1 Å². The summed E-state index contributed by atoms with van der Waals surface area (Å²) in [4.78, 5) is 0. The second-order valence-electron chi connectivity index (χ2n) is 5.07. The molecular formula is C15H21N3. The molecule has 3 nitrogen and oxygen atoms in total. The van der Waals surface area contributed by atoms with Gasteiger partial charge in [0.05, 0.1) is 11.9 Å². The van der Waals surface area contributed by atoms with Crippen LogP contribution in [0.3, 0.4) is 0 Å². The Balaban J connectivity index is 2.00. The minimum absolute atomic E-state index is 0.405. The number of benzene rings is 1. The van der Waals surface area contributed by atoms with Gasteiger partial charge in [0.1, 0.15) is 0 Å². The summed E-state index contributed by atoms with van der Waals surface area (Å²) >= 11 is 0. The van der Waals surface area contributed by atoms with Crippen LogP contribution in [0, 0.1) is 13.8 Å². The zero-order chi connectivity index (χ0) is 13.1. The molecule has 2 rings (SSSR count). The maximum atomic E-state index is 4.31. The summed E-state index contributed by atoms with van der Waals surface area (Å²) in [5.74, 6) is 0. The van der Waals surface area contributed by atoms with Gasteiger partial charge in [-0.1, -0.05) is 18.2 Å². The lowest BCUT2D eigenvalue weighted by molar-refractivity contribution is 0.532. The summed E-state index contributed by atoms with van der Waals surface area (Å²) in [5, 5.41) is 7.71. The Labute approximate surface area is 109 Å². The van der Waals surface area contributed by atoms with E-state index in [-0.39, 0.29) is 0 Å². The van der Waals surface area contributed by atoms with Gasteiger partial charge in [-0.05, 0) is 44.4 Å². The monoisotopic (exact) mass is 243 g/mol. The third-order valence-corrected chi connectivity index (χ3v) is 3.20. The van der Waals surface area contributed by atoms with Crippen molar-refractivity contribution in [3.8, 4) is 0 Å². The zero-order valence-electron chi connectivity index (χ0n) is 11.6. The number of aryl methyl sites for hydroxylation is 2. The number of nitrogens with one attached hydrogen (secondary N) is 1. The molecular weight excluding hydrogens is 222 g/mol. The van der Waals surface area contributed by atoms with Gasteiger partial charge in [0.2, 0.25) is 0 Å². The first kappa shape index (κ1) is 12.7. The predicted octanol–water partition coefficient (Wildman–Crippen LogP) is 3.69. The molecule has 96 valence electrons. The molecule has 0 fully saturated rings. The fourth-order valence-electron chi connectivity index (χ4n) is 1.83. The number of hydrogen-bond donors (Lipinski definition) is 1. The molecule has 0 saturated carbocycles. The van der Waals surface area contributed by atoms with Crippen molar-refractivity contribution in [2.24, 2.45) is 0 Å². The van der Waals surface area contributed by atoms with Crippen molar-refractivity contribution in [2.75, 3.05) is 5.32 Å². The lowest BCUT2D eigenvalue weighted by atomic mass is 10.1. The van der Waals surface area contributed by atoms with E-state index in [4.69, 9.17) is 0 Å². The number of anilines is 1. The van der Waals surface area contributed by atoms with Gasteiger partial charge in [-0.25, -0.2) is 0 Å². The van der Waals surface area contributed by atoms with E-state index in [2.05, 4.69) is 56.3 Å². The molecule has 1 aromatic carbocycles. The molecule has 0 unspecified atom stereocenters. The first-order valence-corrected chi connectivity index (χ1v) is 6.40. The van der Waals surface area contributed by atoms with Crippen LogP contribution < -0.4 is 5.32 Å². The molecule has 1 aromatic heterocycles. The summed E-state index contributed by atoms with van der Waals surface area (Å²) in [5.41, 5.74) is 5.05. The molecule has 0 spiro atoms. The topological polar surface area (TPSA) is 29.9 Å². The standard InChI is InChI=1S/C15H21N3/c1-11(2)18-10-15(9-17-18)16-8-14-6-5-12(3)13(4)7-14/h5-7,9-11,16H,8H2,1-4H3. The molecule has 0 aliphatic carbocycles. The van der Waals surface area contributed by atoms with Gasteiger partial charge in [0, 0.05) is 18.8 Å². The van der Waals surface area contributed by atoms with Crippen LogP contribution in [0.25, 0.3) is 0 Å². The summed E-state index contributed by atoms with van der Waals surface area (Å²) in [6.07, 6.45) is 3.92. The summed E-state index contributed by atoms with van der Waals surface area (Å²) in [6.45, 7) is 9.37. The van der Waals surface area contributed by atoms with E-state index >= 15 is 0 Å². The molecule has 3 heteroatoms. The molecule has 0 aliphatic rings. The second-order valence-corrected chi connectivity index (χ2v) is 5.07. The summed E-state index contributed by atoms with van der Waals surface area (Å²) in [6, 6.07) is 6.98. The molecule has 1 N–H and O–H groups in total. The van der Waals surface area contributed by atoms with Gasteiger partial charge in [0.25, 0.3) is 0 Å². The van der Waals surface area contributed by atoms with E-state index in [9.17, 15) is 0 Å². The van der Waals surface area contributed by atoms with Gasteiger partial charge in [0.15, 0.2) is 0 Å². The Morgan fingerprint density at radius 1 is 1.22 bits per heavy atom. The van der Waals surface area contributed by atoms with Crippen LogP contribution in [0.2, 0.25) is 0 Å². The van der Waals surface area contributed by atoms with Gasteiger partial charge in [-0.15, -0.1) is 0 Å². The third kappa shape index (κ3) is 2.92. The van der Waals surface area contributed by atoms with Crippen LogP contribution in [0.5, 0.6) is 0 Å². The third-order valence-electron chi connectivity index (χ3n) is 3.20. The Bertz CT molecular complexity index is 526. The van der Waals surface area contributed by atoms with E-state index < -0.39 is 0 Å². The molecule has 0 bridgehead atoms. The van der Waals surface area contributed by atoms with Crippen LogP contribution in [-0.4, -0.2) is 9.78 Å². The fourth-order valence-corrected chi connectivity index (χ4v) is 1.83. The summed E-state index contributed by atoms with van der Waals surface area (Å²) < 4.78 is 1.96. The normalized spacial score (nSPS) is 10.9. The minimum Gasteiger partial charge on any atom is -0.378 e. The van der Waals surface area contributed by atoms with Crippen molar-refractivity contribution in [1.82, 2.24) is 9.78 Å². The number of hydrogen-bond acceptors (Lipinski definition) is 2. The zero-order valence-corrected chi connectivity index (χ0v) is 11.6. The average molecular weight is 243 g/mol.